The zero-order valence-electron chi connectivity index (χ0n) is 30.2. The molecule has 4 aromatic rings. The molecule has 0 aliphatic rings. The second-order valence-corrected chi connectivity index (χ2v) is 22.2. The fourth-order valence-electron chi connectivity index (χ4n) is 6.35. The van der Waals surface area contributed by atoms with Crippen molar-refractivity contribution in [3.05, 3.63) is 142 Å². The third-order valence-corrected chi connectivity index (χ3v) is 16.8. The van der Waals surface area contributed by atoms with Gasteiger partial charge < -0.3 is 0 Å². The first-order valence-corrected chi connectivity index (χ1v) is 21.1. The van der Waals surface area contributed by atoms with Gasteiger partial charge in [0, 0.05) is 0 Å². The maximum atomic E-state index is 10.2. The van der Waals surface area contributed by atoms with Crippen LogP contribution in [0.5, 0.6) is 0 Å². The summed E-state index contributed by atoms with van der Waals surface area (Å²) in [6.07, 6.45) is 0. The quantitative estimate of drug-likeness (QED) is 0.0697. The van der Waals surface area contributed by atoms with Crippen molar-refractivity contribution in [1.82, 2.24) is 0 Å². The maximum absolute atomic E-state index is 10.2. The zero-order chi connectivity index (χ0) is 33.9. The van der Waals surface area contributed by atoms with E-state index in [0.717, 1.165) is 27.5 Å². The summed E-state index contributed by atoms with van der Waals surface area (Å²) in [7, 11) is -1.57. The van der Waals surface area contributed by atoms with Gasteiger partial charge in [-0.05, 0) is 0 Å². The van der Waals surface area contributed by atoms with Crippen LogP contribution in [-0.4, -0.2) is 14.7 Å². The predicted octanol–water partition coefficient (Wildman–Crippen LogP) is 11.8. The Morgan fingerprint density at radius 3 is 1.48 bits per heavy atom. The van der Waals surface area contributed by atoms with Crippen molar-refractivity contribution in [2.75, 3.05) is 0 Å². The topological polar surface area (TPSA) is 9.23 Å². The fraction of sp³-hybridized carbons (Fsp3) is 0.372. The number of aryl methyl sites for hydroxylation is 3. The van der Waals surface area contributed by atoms with Gasteiger partial charge in [-0.2, -0.15) is 0 Å². The molecule has 0 fully saturated rings. The minimum absolute atomic E-state index is 0.0795. The molecule has 46 heavy (non-hydrogen) atoms. The van der Waals surface area contributed by atoms with Crippen molar-refractivity contribution in [1.29, 1.82) is 0 Å². The summed E-state index contributed by atoms with van der Waals surface area (Å²) in [6.45, 7) is 37.7. The van der Waals surface area contributed by atoms with Crippen molar-refractivity contribution >= 4 is 37.9 Å². The number of hydrogen-bond donors (Lipinski definition) is 0. The molecule has 0 bridgehead atoms. The first-order valence-electron chi connectivity index (χ1n) is 16.8. The number of rotatable bonds is 10. The van der Waals surface area contributed by atoms with E-state index >= 15 is 0 Å². The summed E-state index contributed by atoms with van der Waals surface area (Å²) in [5, 5.41) is 1.11. The predicted molar refractivity (Wildman–Crippen MR) is 204 cm³/mol. The van der Waals surface area contributed by atoms with Crippen molar-refractivity contribution < 1.29 is 3.76 Å². The summed E-state index contributed by atoms with van der Waals surface area (Å²) < 4.78 is 9.18. The third kappa shape index (κ3) is 8.09. The minimum atomic E-state index is -2.67. The van der Waals surface area contributed by atoms with Crippen LogP contribution in [0.2, 0.25) is 4.25 Å². The molecule has 0 amide bonds. The van der Waals surface area contributed by atoms with E-state index in [1.165, 1.54) is 37.8 Å². The van der Waals surface area contributed by atoms with E-state index in [4.69, 9.17) is 3.76 Å². The van der Waals surface area contributed by atoms with E-state index < -0.39 is 22.6 Å². The Morgan fingerprint density at radius 1 is 0.674 bits per heavy atom. The van der Waals surface area contributed by atoms with Crippen molar-refractivity contribution in [2.24, 2.45) is 0 Å². The molecule has 0 aliphatic carbocycles. The van der Waals surface area contributed by atoms with Gasteiger partial charge in [0.05, 0.1) is 0 Å². The van der Waals surface area contributed by atoms with E-state index in [0.29, 0.717) is 17.8 Å². The molecule has 0 N–H and O–H groups in total. The van der Waals surface area contributed by atoms with Crippen LogP contribution in [-0.2, 0) is 3.76 Å². The second-order valence-electron chi connectivity index (χ2n) is 14.7. The van der Waals surface area contributed by atoms with Crippen molar-refractivity contribution in [2.45, 2.75) is 105 Å². The normalized spacial score (nSPS) is 12.7. The Balaban J connectivity index is 2.14. The molecule has 0 aromatic heterocycles. The SMILES string of the molecule is [C-]P(C([O][Ge]([c]1c(C(C)C)cc(C(C)C)cc1C(C)C)[C](C)(C)C)=C(c1ccccc1)c1ccccc1)c1c(C)cc(C)cc1C. The molecular weight excluding hydrogens is 636 g/mol. The van der Waals surface area contributed by atoms with E-state index in [2.05, 4.69) is 168 Å². The van der Waals surface area contributed by atoms with E-state index in [9.17, 15) is 6.66 Å². The van der Waals surface area contributed by atoms with Crippen LogP contribution in [0.4, 0.5) is 0 Å². The van der Waals surface area contributed by atoms with Gasteiger partial charge in [-0.25, -0.2) is 0 Å². The molecule has 3 radical (unpaired) electrons. The molecule has 1 unspecified atom stereocenters. The summed E-state index contributed by atoms with van der Waals surface area (Å²) in [4.78, 5) is 0. The number of benzene rings is 4. The molecule has 3 heteroatoms. The zero-order valence-corrected chi connectivity index (χ0v) is 33.2. The third-order valence-electron chi connectivity index (χ3n) is 8.64. The Kier molecular flexibility index (Phi) is 11.9. The van der Waals surface area contributed by atoms with E-state index in [1.54, 1.807) is 0 Å². The Bertz CT molecular complexity index is 1570. The molecule has 0 aliphatic heterocycles. The first-order chi connectivity index (χ1) is 21.6. The molecular formula is C43H53GeOP-. The standard InChI is InChI=1S/C43H53GeOP/c1-28(2)36-26-37(29(3)4)40(38(27-36)30(5)6)44(43(10,11)12)45-42(46(13)41-32(8)24-31(7)25-33(41)9)39(34-20-16-14-17-21-34)35-22-18-15-19-23-35/h14-30H,1-12H3/q-1. The van der Waals surface area contributed by atoms with Gasteiger partial charge in [-0.15, -0.1) is 0 Å². The van der Waals surface area contributed by atoms with Gasteiger partial charge in [0.1, 0.15) is 0 Å². The second kappa shape index (κ2) is 15.1. The van der Waals surface area contributed by atoms with Crippen molar-refractivity contribution in [3.63, 3.8) is 0 Å². The average Bonchev–Trinajstić information content (AvgIpc) is 2.98. The van der Waals surface area contributed by atoms with Crippen molar-refractivity contribution in [3.8, 4) is 0 Å². The van der Waals surface area contributed by atoms with Gasteiger partial charge >= 0.3 is 288 Å². The summed E-state index contributed by atoms with van der Waals surface area (Å²) in [5.41, 5.74) is 11.9. The Morgan fingerprint density at radius 2 is 1.11 bits per heavy atom. The Labute approximate surface area is 287 Å². The van der Waals surface area contributed by atoms with E-state index in [-0.39, 0.29) is 4.25 Å². The molecule has 0 spiro atoms. The molecule has 1 atom stereocenters. The molecule has 4 aromatic carbocycles. The monoisotopic (exact) mass is 690 g/mol. The van der Waals surface area contributed by atoms with Gasteiger partial charge in [0.15, 0.2) is 0 Å². The summed E-state index contributed by atoms with van der Waals surface area (Å²) in [6, 6.07) is 30.6. The molecule has 0 heterocycles. The molecule has 0 saturated heterocycles. The summed E-state index contributed by atoms with van der Waals surface area (Å²) >= 11 is -2.67. The molecule has 0 saturated carbocycles. The van der Waals surface area contributed by atoms with Gasteiger partial charge in [0.25, 0.3) is 0 Å². The van der Waals surface area contributed by atoms with Gasteiger partial charge in [0.2, 0.25) is 0 Å². The van der Waals surface area contributed by atoms with Crippen LogP contribution in [0, 0.1) is 27.4 Å². The van der Waals surface area contributed by atoms with Crippen LogP contribution in [0.3, 0.4) is 0 Å². The molecule has 4 rings (SSSR count). The fourth-order valence-corrected chi connectivity index (χ4v) is 14.7. The van der Waals surface area contributed by atoms with Crippen LogP contribution in [0.25, 0.3) is 5.57 Å². The number of hydrogen-bond acceptors (Lipinski definition) is 1. The van der Waals surface area contributed by atoms with Gasteiger partial charge in [-0.1, -0.05) is 0 Å². The van der Waals surface area contributed by atoms with E-state index in [1.807, 2.05) is 0 Å². The van der Waals surface area contributed by atoms with Gasteiger partial charge in [-0.3, -0.25) is 0 Å². The van der Waals surface area contributed by atoms with Crippen LogP contribution < -0.4 is 9.70 Å². The molecule has 1 nitrogen and oxygen atoms in total. The Hall–Kier alpha value is -2.61. The average molecular weight is 689 g/mol. The molecule has 241 valence electrons. The summed E-state index contributed by atoms with van der Waals surface area (Å²) in [5.74, 6) is 1.19. The van der Waals surface area contributed by atoms with Crippen LogP contribution in [0.1, 0.15) is 125 Å². The van der Waals surface area contributed by atoms with Crippen LogP contribution >= 0.6 is 7.92 Å². The van der Waals surface area contributed by atoms with Crippen LogP contribution in [0.15, 0.2) is 90.4 Å². The first kappa shape index (κ1) is 36.2.